The van der Waals surface area contributed by atoms with Gasteiger partial charge in [-0.3, -0.25) is 0 Å². The van der Waals surface area contributed by atoms with Crippen LogP contribution < -0.4 is 5.32 Å². The molecule has 0 amide bonds. The highest BCUT2D eigenvalue weighted by molar-refractivity contribution is 5.30. The van der Waals surface area contributed by atoms with Crippen LogP contribution in [0.1, 0.15) is 12.0 Å². The standard InChI is InChI=1S/C14H17N3O/c1-2-4-13(5-3-1)17-10-12(8-16-17)11-18-14-6-7-15-9-14/h1-5,8,10,14-15H,6-7,9,11H2. The van der Waals surface area contributed by atoms with E-state index in [1.165, 1.54) is 0 Å². The Morgan fingerprint density at radius 3 is 3.00 bits per heavy atom. The van der Waals surface area contributed by atoms with Gasteiger partial charge >= 0.3 is 0 Å². The Labute approximate surface area is 107 Å². The third-order valence-electron chi connectivity index (χ3n) is 3.16. The molecule has 1 aromatic heterocycles. The summed E-state index contributed by atoms with van der Waals surface area (Å²) in [4.78, 5) is 0. The Morgan fingerprint density at radius 1 is 1.33 bits per heavy atom. The van der Waals surface area contributed by atoms with Crippen molar-refractivity contribution in [1.29, 1.82) is 0 Å². The lowest BCUT2D eigenvalue weighted by molar-refractivity contribution is 0.0542. The Morgan fingerprint density at radius 2 is 2.22 bits per heavy atom. The van der Waals surface area contributed by atoms with Crippen LogP contribution in [0.4, 0.5) is 0 Å². The minimum atomic E-state index is 0.352. The monoisotopic (exact) mass is 243 g/mol. The second-order valence-corrected chi connectivity index (χ2v) is 4.55. The van der Waals surface area contributed by atoms with Crippen molar-refractivity contribution in [2.45, 2.75) is 19.1 Å². The number of hydrogen-bond acceptors (Lipinski definition) is 3. The quantitative estimate of drug-likeness (QED) is 0.889. The van der Waals surface area contributed by atoms with E-state index in [2.05, 4.69) is 10.4 Å². The SMILES string of the molecule is c1ccc(-n2cc(COC3CCNC3)cn2)cc1. The van der Waals surface area contributed by atoms with Crippen molar-refractivity contribution in [2.75, 3.05) is 13.1 Å². The third-order valence-corrected chi connectivity index (χ3v) is 3.16. The van der Waals surface area contributed by atoms with Crippen LogP contribution in [0.15, 0.2) is 42.7 Å². The Kier molecular flexibility index (Phi) is 3.39. The number of nitrogens with one attached hydrogen (secondary N) is 1. The second kappa shape index (κ2) is 5.33. The van der Waals surface area contributed by atoms with Gasteiger partial charge in [0.25, 0.3) is 0 Å². The van der Waals surface area contributed by atoms with Gasteiger partial charge in [-0.05, 0) is 25.1 Å². The van der Waals surface area contributed by atoms with Crippen molar-refractivity contribution in [3.05, 3.63) is 48.3 Å². The van der Waals surface area contributed by atoms with Crippen LogP contribution in [0.5, 0.6) is 0 Å². The van der Waals surface area contributed by atoms with Gasteiger partial charge in [0.1, 0.15) is 0 Å². The first-order chi connectivity index (χ1) is 8.92. The predicted molar refractivity (Wildman–Crippen MR) is 69.6 cm³/mol. The Bertz CT molecular complexity index is 489. The summed E-state index contributed by atoms with van der Waals surface area (Å²) in [5.41, 5.74) is 2.19. The van der Waals surface area contributed by atoms with E-state index in [0.29, 0.717) is 12.7 Å². The fourth-order valence-electron chi connectivity index (χ4n) is 2.14. The zero-order chi connectivity index (χ0) is 12.2. The maximum absolute atomic E-state index is 5.82. The van der Waals surface area contributed by atoms with Gasteiger partial charge in [-0.2, -0.15) is 5.10 Å². The fourth-order valence-corrected chi connectivity index (χ4v) is 2.14. The second-order valence-electron chi connectivity index (χ2n) is 4.55. The Hall–Kier alpha value is -1.65. The molecule has 2 heterocycles. The van der Waals surface area contributed by atoms with Crippen molar-refractivity contribution < 1.29 is 4.74 Å². The van der Waals surface area contributed by atoms with Crippen molar-refractivity contribution in [3.63, 3.8) is 0 Å². The molecule has 94 valence electrons. The minimum absolute atomic E-state index is 0.352. The summed E-state index contributed by atoms with van der Waals surface area (Å²) in [6.45, 7) is 2.67. The molecule has 1 atom stereocenters. The van der Waals surface area contributed by atoms with Gasteiger partial charge in [-0.25, -0.2) is 4.68 Å². The Balaban J connectivity index is 1.63. The maximum atomic E-state index is 5.82. The molecule has 3 rings (SSSR count). The van der Waals surface area contributed by atoms with Gasteiger partial charge < -0.3 is 10.1 Å². The molecule has 1 aliphatic heterocycles. The van der Waals surface area contributed by atoms with Crippen LogP contribution in [0.2, 0.25) is 0 Å². The largest absolute Gasteiger partial charge is 0.372 e. The maximum Gasteiger partial charge on any atom is 0.0752 e. The highest BCUT2D eigenvalue weighted by Gasteiger charge is 2.14. The van der Waals surface area contributed by atoms with Gasteiger partial charge in [-0.15, -0.1) is 0 Å². The van der Waals surface area contributed by atoms with Crippen molar-refractivity contribution >= 4 is 0 Å². The molecule has 0 radical (unpaired) electrons. The fraction of sp³-hybridized carbons (Fsp3) is 0.357. The third kappa shape index (κ3) is 2.60. The van der Waals surface area contributed by atoms with E-state index in [4.69, 9.17) is 4.74 Å². The zero-order valence-corrected chi connectivity index (χ0v) is 10.2. The summed E-state index contributed by atoms with van der Waals surface area (Å²) in [6.07, 6.45) is 5.35. The first kappa shape index (κ1) is 11.4. The molecule has 1 saturated heterocycles. The number of aromatic nitrogens is 2. The summed E-state index contributed by atoms with van der Waals surface area (Å²) in [7, 11) is 0. The van der Waals surface area contributed by atoms with Crippen LogP contribution in [0.3, 0.4) is 0 Å². The van der Waals surface area contributed by atoms with E-state index in [0.717, 1.165) is 30.8 Å². The number of benzene rings is 1. The van der Waals surface area contributed by atoms with Crippen LogP contribution in [-0.4, -0.2) is 29.0 Å². The normalized spacial score (nSPS) is 19.2. The molecule has 0 saturated carbocycles. The molecule has 1 aromatic carbocycles. The highest BCUT2D eigenvalue weighted by Crippen LogP contribution is 2.11. The van der Waals surface area contributed by atoms with Gasteiger partial charge in [0.2, 0.25) is 0 Å². The van der Waals surface area contributed by atoms with E-state index in [1.807, 2.05) is 47.4 Å². The van der Waals surface area contributed by atoms with Crippen LogP contribution in [0, 0.1) is 0 Å². The molecule has 1 fully saturated rings. The van der Waals surface area contributed by atoms with E-state index in [9.17, 15) is 0 Å². The average molecular weight is 243 g/mol. The zero-order valence-electron chi connectivity index (χ0n) is 10.2. The summed E-state index contributed by atoms with van der Waals surface area (Å²) < 4.78 is 7.70. The van der Waals surface area contributed by atoms with Crippen LogP contribution >= 0.6 is 0 Å². The van der Waals surface area contributed by atoms with E-state index < -0.39 is 0 Å². The topological polar surface area (TPSA) is 39.1 Å². The van der Waals surface area contributed by atoms with Gasteiger partial charge in [0.15, 0.2) is 0 Å². The molecule has 0 aliphatic carbocycles. The van der Waals surface area contributed by atoms with Crippen LogP contribution in [0.25, 0.3) is 5.69 Å². The molecule has 2 aromatic rings. The van der Waals surface area contributed by atoms with Crippen molar-refractivity contribution in [2.24, 2.45) is 0 Å². The molecular formula is C14H17N3O. The average Bonchev–Trinajstić information content (AvgIpc) is 3.09. The molecular weight excluding hydrogens is 226 g/mol. The number of ether oxygens (including phenoxy) is 1. The van der Waals surface area contributed by atoms with Gasteiger partial charge in [-0.1, -0.05) is 18.2 Å². The lowest BCUT2D eigenvalue weighted by atomic mass is 10.3. The minimum Gasteiger partial charge on any atom is -0.372 e. The van der Waals surface area contributed by atoms with Crippen molar-refractivity contribution in [3.8, 4) is 5.69 Å². The van der Waals surface area contributed by atoms with E-state index in [1.54, 1.807) is 0 Å². The number of rotatable bonds is 4. The number of hydrogen-bond donors (Lipinski definition) is 1. The summed E-state index contributed by atoms with van der Waals surface area (Å²) >= 11 is 0. The summed E-state index contributed by atoms with van der Waals surface area (Å²) in [5, 5.41) is 7.65. The lowest BCUT2D eigenvalue weighted by Crippen LogP contribution is -2.16. The molecule has 0 spiro atoms. The van der Waals surface area contributed by atoms with Crippen molar-refractivity contribution in [1.82, 2.24) is 15.1 Å². The molecule has 1 unspecified atom stereocenters. The summed E-state index contributed by atoms with van der Waals surface area (Å²) in [6, 6.07) is 10.1. The first-order valence-electron chi connectivity index (χ1n) is 6.33. The van der Waals surface area contributed by atoms with Gasteiger partial charge in [0, 0.05) is 18.3 Å². The van der Waals surface area contributed by atoms with Crippen LogP contribution in [-0.2, 0) is 11.3 Å². The molecule has 4 nitrogen and oxygen atoms in total. The number of para-hydroxylation sites is 1. The molecule has 4 heteroatoms. The predicted octanol–water partition coefficient (Wildman–Crippen LogP) is 1.75. The van der Waals surface area contributed by atoms with E-state index >= 15 is 0 Å². The highest BCUT2D eigenvalue weighted by atomic mass is 16.5. The van der Waals surface area contributed by atoms with E-state index in [-0.39, 0.29) is 0 Å². The first-order valence-corrected chi connectivity index (χ1v) is 6.33. The molecule has 1 aliphatic rings. The smallest absolute Gasteiger partial charge is 0.0752 e. The molecule has 18 heavy (non-hydrogen) atoms. The lowest BCUT2D eigenvalue weighted by Gasteiger charge is -2.08. The summed E-state index contributed by atoms with van der Waals surface area (Å²) in [5.74, 6) is 0. The number of nitrogens with zero attached hydrogens (tertiary/aromatic N) is 2. The molecule has 0 bridgehead atoms. The van der Waals surface area contributed by atoms with Gasteiger partial charge in [0.05, 0.1) is 24.6 Å². The molecule has 1 N–H and O–H groups in total.